The van der Waals surface area contributed by atoms with Crippen molar-refractivity contribution in [2.45, 2.75) is 37.9 Å². The first-order valence-electron chi connectivity index (χ1n) is 10.7. The monoisotopic (exact) mass is 497 g/mol. The molecular weight excluding hydrogens is 476 g/mol. The van der Waals surface area contributed by atoms with E-state index in [1.54, 1.807) is 22.6 Å². The Morgan fingerprint density at radius 3 is 2.60 bits per heavy atom. The van der Waals surface area contributed by atoms with Crippen molar-refractivity contribution in [3.8, 4) is 0 Å². The van der Waals surface area contributed by atoms with Crippen molar-refractivity contribution < 1.29 is 31.1 Å². The van der Waals surface area contributed by atoms with Crippen LogP contribution < -0.4 is 5.32 Å². The highest BCUT2D eigenvalue weighted by Crippen LogP contribution is 2.37. The van der Waals surface area contributed by atoms with E-state index in [9.17, 15) is 31.1 Å². The summed E-state index contributed by atoms with van der Waals surface area (Å²) in [4.78, 5) is 22.1. The van der Waals surface area contributed by atoms with Gasteiger partial charge in [-0.25, -0.2) is 4.98 Å². The summed E-state index contributed by atoms with van der Waals surface area (Å²) in [6.07, 6.45) is -6.29. The Morgan fingerprint density at radius 2 is 1.89 bits per heavy atom. The number of carbonyl (C=O) groups excluding carboxylic acids is 1. The van der Waals surface area contributed by atoms with E-state index < -0.39 is 35.6 Å². The number of benzene rings is 1. The number of halogens is 6. The van der Waals surface area contributed by atoms with Crippen LogP contribution in [0.3, 0.4) is 0 Å². The molecule has 0 radical (unpaired) electrons. The number of carbonyl (C=O) groups is 1. The molecule has 1 amide bonds. The number of nitrogens with one attached hydrogen (secondary N) is 1. The smallest absolute Gasteiger partial charge is 0.350 e. The van der Waals surface area contributed by atoms with Crippen LogP contribution >= 0.6 is 0 Å². The van der Waals surface area contributed by atoms with Gasteiger partial charge in [-0.3, -0.25) is 14.7 Å². The number of fused-ring (bicyclic) bond motifs is 1. The van der Waals surface area contributed by atoms with Gasteiger partial charge in [-0.15, -0.1) is 0 Å². The van der Waals surface area contributed by atoms with E-state index in [4.69, 9.17) is 0 Å². The highest BCUT2D eigenvalue weighted by atomic mass is 19.4. The molecule has 3 heterocycles. The van der Waals surface area contributed by atoms with Gasteiger partial charge in [0.2, 0.25) is 0 Å². The molecule has 0 bridgehead atoms. The summed E-state index contributed by atoms with van der Waals surface area (Å²) in [7, 11) is 1.67. The van der Waals surface area contributed by atoms with Crippen molar-refractivity contribution in [3.63, 3.8) is 0 Å². The molecular formula is C23H21F6N5O. The van der Waals surface area contributed by atoms with E-state index in [-0.39, 0.29) is 37.3 Å². The lowest BCUT2D eigenvalue weighted by Gasteiger charge is -2.34. The van der Waals surface area contributed by atoms with Crippen molar-refractivity contribution in [3.05, 3.63) is 82.7 Å². The van der Waals surface area contributed by atoms with E-state index in [0.717, 1.165) is 18.3 Å². The number of nitrogens with zero attached hydrogens (tertiary/aromatic N) is 4. The van der Waals surface area contributed by atoms with Crippen LogP contribution in [0.5, 0.6) is 0 Å². The highest BCUT2D eigenvalue weighted by Gasteiger charge is 2.39. The lowest BCUT2D eigenvalue weighted by Crippen LogP contribution is -2.35. The summed E-state index contributed by atoms with van der Waals surface area (Å²) >= 11 is 0. The molecule has 0 spiro atoms. The fourth-order valence-corrected chi connectivity index (χ4v) is 4.08. The minimum Gasteiger partial charge on any atom is -0.350 e. The predicted octanol–water partition coefficient (Wildman–Crippen LogP) is 4.47. The molecule has 0 saturated carbocycles. The van der Waals surface area contributed by atoms with Crippen molar-refractivity contribution in [1.29, 1.82) is 0 Å². The number of hydrogen-bond acceptors (Lipinski definition) is 4. The number of pyridine rings is 1. The van der Waals surface area contributed by atoms with Gasteiger partial charge in [0, 0.05) is 31.0 Å². The second-order valence-electron chi connectivity index (χ2n) is 8.27. The van der Waals surface area contributed by atoms with Crippen LogP contribution in [0.1, 0.15) is 44.7 Å². The standard InChI is InChI=1S/C23H21F6N5O/c1-33-13-19-32-17(21(35)31-9-7-14-4-2-5-15(10-14)22(24,25)26)11-34(19)12-18(33)16-6-3-8-30-20(16)23(27,28)29/h2-6,8,10-11,18H,7,9,12-13H2,1H3,(H,31,35). The summed E-state index contributed by atoms with van der Waals surface area (Å²) in [5, 5.41) is 2.63. The zero-order chi connectivity index (χ0) is 25.4. The Balaban J connectivity index is 1.43. The van der Waals surface area contributed by atoms with E-state index in [1.807, 2.05) is 0 Å². The second kappa shape index (κ2) is 9.33. The van der Waals surface area contributed by atoms with Gasteiger partial charge >= 0.3 is 12.4 Å². The van der Waals surface area contributed by atoms with Crippen LogP contribution in [0.25, 0.3) is 0 Å². The SMILES string of the molecule is CN1Cc2nc(C(=O)NCCc3cccc(C(F)(F)F)c3)cn2CC1c1cccnc1C(F)(F)F. The summed E-state index contributed by atoms with van der Waals surface area (Å²) in [5.41, 5.74) is -1.17. The molecule has 12 heteroatoms. The van der Waals surface area contributed by atoms with E-state index >= 15 is 0 Å². The maximum Gasteiger partial charge on any atom is 0.433 e. The quantitative estimate of drug-likeness (QED) is 0.529. The summed E-state index contributed by atoms with van der Waals surface area (Å²) in [6, 6.07) is 7.07. The van der Waals surface area contributed by atoms with Crippen LogP contribution in [0.15, 0.2) is 48.8 Å². The summed E-state index contributed by atoms with van der Waals surface area (Å²) < 4.78 is 80.5. The van der Waals surface area contributed by atoms with Crippen molar-refractivity contribution in [2.24, 2.45) is 0 Å². The zero-order valence-corrected chi connectivity index (χ0v) is 18.5. The molecule has 6 nitrogen and oxygen atoms in total. The zero-order valence-electron chi connectivity index (χ0n) is 18.5. The Kier molecular flexibility index (Phi) is 6.58. The summed E-state index contributed by atoms with van der Waals surface area (Å²) in [6.45, 7) is 0.453. The molecule has 1 unspecified atom stereocenters. The minimum absolute atomic E-state index is 0.0361. The largest absolute Gasteiger partial charge is 0.433 e. The first kappa shape index (κ1) is 24.7. The maximum absolute atomic E-state index is 13.4. The number of aromatic nitrogens is 3. The topological polar surface area (TPSA) is 63.1 Å². The number of imidazole rings is 1. The highest BCUT2D eigenvalue weighted by molar-refractivity contribution is 5.92. The van der Waals surface area contributed by atoms with Crippen LogP contribution in [0, 0.1) is 0 Å². The lowest BCUT2D eigenvalue weighted by atomic mass is 10.0. The van der Waals surface area contributed by atoms with Crippen LogP contribution in [-0.4, -0.2) is 38.9 Å². The van der Waals surface area contributed by atoms with Crippen molar-refractivity contribution >= 4 is 5.91 Å². The van der Waals surface area contributed by atoms with Gasteiger partial charge in [-0.1, -0.05) is 24.3 Å². The van der Waals surface area contributed by atoms with Gasteiger partial charge in [0.25, 0.3) is 5.91 Å². The number of rotatable bonds is 5. The minimum atomic E-state index is -4.60. The first-order valence-corrected chi connectivity index (χ1v) is 10.7. The van der Waals surface area contributed by atoms with Gasteiger partial charge < -0.3 is 9.88 Å². The van der Waals surface area contributed by atoms with E-state index in [0.29, 0.717) is 11.4 Å². The third-order valence-corrected chi connectivity index (χ3v) is 5.80. The van der Waals surface area contributed by atoms with Crippen LogP contribution in [0.2, 0.25) is 0 Å². The number of likely N-dealkylation sites (N-methyl/N-ethyl adjacent to an activating group) is 1. The van der Waals surface area contributed by atoms with Gasteiger partial charge in [-0.2, -0.15) is 26.3 Å². The number of hydrogen-bond donors (Lipinski definition) is 1. The van der Waals surface area contributed by atoms with Crippen LogP contribution in [0.4, 0.5) is 26.3 Å². The average molecular weight is 497 g/mol. The normalized spacial score (nSPS) is 16.7. The molecule has 0 aliphatic carbocycles. The Bertz CT molecular complexity index is 1220. The fraction of sp³-hybridized carbons (Fsp3) is 0.348. The molecule has 186 valence electrons. The molecule has 0 fully saturated rings. The van der Waals surface area contributed by atoms with Crippen molar-refractivity contribution in [2.75, 3.05) is 13.6 Å². The van der Waals surface area contributed by atoms with Gasteiger partial charge in [0.1, 0.15) is 17.2 Å². The molecule has 1 aliphatic heterocycles. The third-order valence-electron chi connectivity index (χ3n) is 5.80. The molecule has 3 aromatic rings. The molecule has 4 rings (SSSR count). The molecule has 0 saturated heterocycles. The Labute approximate surface area is 196 Å². The lowest BCUT2D eigenvalue weighted by molar-refractivity contribution is -0.142. The molecule has 35 heavy (non-hydrogen) atoms. The molecule has 2 aromatic heterocycles. The number of amides is 1. The second-order valence-corrected chi connectivity index (χ2v) is 8.27. The third kappa shape index (κ3) is 5.47. The Hall–Kier alpha value is -3.41. The van der Waals surface area contributed by atoms with Crippen molar-refractivity contribution in [1.82, 2.24) is 24.8 Å². The molecule has 1 atom stereocenters. The molecule has 1 aliphatic rings. The number of alkyl halides is 6. The maximum atomic E-state index is 13.4. The molecule has 1 N–H and O–H groups in total. The molecule has 1 aromatic carbocycles. The van der Waals surface area contributed by atoms with Gasteiger partial charge in [0.05, 0.1) is 18.2 Å². The Morgan fingerprint density at radius 1 is 1.11 bits per heavy atom. The van der Waals surface area contributed by atoms with E-state index in [1.165, 1.54) is 24.4 Å². The summed E-state index contributed by atoms with van der Waals surface area (Å²) in [5.74, 6) is -0.000310. The van der Waals surface area contributed by atoms with Gasteiger partial charge in [-0.05, 0) is 31.2 Å². The van der Waals surface area contributed by atoms with E-state index in [2.05, 4.69) is 15.3 Å². The average Bonchev–Trinajstić information content (AvgIpc) is 3.20. The predicted molar refractivity (Wildman–Crippen MR) is 113 cm³/mol. The van der Waals surface area contributed by atoms with Gasteiger partial charge in [0.15, 0.2) is 0 Å². The van der Waals surface area contributed by atoms with Crippen LogP contribution in [-0.2, 0) is 31.9 Å². The first-order chi connectivity index (χ1) is 16.4. The fourth-order valence-electron chi connectivity index (χ4n) is 4.08.